The molecule has 0 saturated heterocycles. The van der Waals surface area contributed by atoms with Gasteiger partial charge < -0.3 is 9.88 Å². The van der Waals surface area contributed by atoms with Crippen LogP contribution in [0.1, 0.15) is 33.4 Å². The van der Waals surface area contributed by atoms with Crippen molar-refractivity contribution in [3.8, 4) is 0 Å². The summed E-state index contributed by atoms with van der Waals surface area (Å²) in [7, 11) is 1.93. The van der Waals surface area contributed by atoms with Crippen molar-refractivity contribution in [2.24, 2.45) is 7.05 Å². The van der Waals surface area contributed by atoms with E-state index in [-0.39, 0.29) is 11.9 Å². The summed E-state index contributed by atoms with van der Waals surface area (Å²) in [5, 5.41) is 3.09. The van der Waals surface area contributed by atoms with Gasteiger partial charge in [0.15, 0.2) is 0 Å². The Labute approximate surface area is 135 Å². The highest BCUT2D eigenvalue weighted by Crippen LogP contribution is 2.20. The minimum atomic E-state index is -0.287. The Balaban J connectivity index is 1.92. The smallest absolute Gasteiger partial charge is 0.252 e. The number of benzene rings is 2. The van der Waals surface area contributed by atoms with Gasteiger partial charge in [-0.05, 0) is 24.6 Å². The summed E-state index contributed by atoms with van der Waals surface area (Å²) >= 11 is 0. The average Bonchev–Trinajstić information content (AvgIpc) is 2.99. The van der Waals surface area contributed by atoms with E-state index in [0.717, 1.165) is 17.0 Å². The third-order valence-corrected chi connectivity index (χ3v) is 3.84. The van der Waals surface area contributed by atoms with Crippen LogP contribution in [0.5, 0.6) is 0 Å². The molecule has 0 spiro atoms. The zero-order chi connectivity index (χ0) is 16.2. The normalized spacial score (nSPS) is 11.9. The minimum absolute atomic E-state index is 0.109. The maximum absolute atomic E-state index is 12.6. The number of hydrogen-bond acceptors (Lipinski definition) is 2. The molecule has 3 aromatic rings. The Kier molecular flexibility index (Phi) is 4.24. The Morgan fingerprint density at radius 1 is 1.09 bits per heavy atom. The van der Waals surface area contributed by atoms with Crippen LogP contribution in [0.3, 0.4) is 0 Å². The summed E-state index contributed by atoms with van der Waals surface area (Å²) in [5.41, 5.74) is 2.78. The Hall–Kier alpha value is -2.88. The first kappa shape index (κ1) is 15.0. The average molecular weight is 305 g/mol. The van der Waals surface area contributed by atoms with Gasteiger partial charge in [0.05, 0.1) is 0 Å². The number of hydrogen-bond donors (Lipinski definition) is 1. The van der Waals surface area contributed by atoms with Gasteiger partial charge in [0.1, 0.15) is 11.9 Å². The standard InChI is InChI=1S/C19H19N3O/c1-14-8-10-16(11-9-14)19(23)21-17(15-6-4-3-5-7-15)18-20-12-13-22(18)2/h3-13,17H,1-2H3,(H,21,23)/t17-/m1/s1. The van der Waals surface area contributed by atoms with E-state index in [1.54, 1.807) is 6.20 Å². The van der Waals surface area contributed by atoms with Crippen molar-refractivity contribution in [3.63, 3.8) is 0 Å². The van der Waals surface area contributed by atoms with Crippen LogP contribution < -0.4 is 5.32 Å². The quantitative estimate of drug-likeness (QED) is 0.804. The lowest BCUT2D eigenvalue weighted by atomic mass is 10.1. The number of aryl methyl sites for hydroxylation is 2. The van der Waals surface area contributed by atoms with E-state index in [1.807, 2.05) is 79.3 Å². The Bertz CT molecular complexity index is 791. The van der Waals surface area contributed by atoms with Crippen LogP contribution >= 0.6 is 0 Å². The number of amides is 1. The fourth-order valence-electron chi connectivity index (χ4n) is 2.52. The van der Waals surface area contributed by atoms with Crippen molar-refractivity contribution in [2.75, 3.05) is 0 Å². The monoisotopic (exact) mass is 305 g/mol. The predicted molar refractivity (Wildman–Crippen MR) is 90.1 cm³/mol. The zero-order valence-corrected chi connectivity index (χ0v) is 13.2. The molecule has 0 unspecified atom stereocenters. The largest absolute Gasteiger partial charge is 0.338 e. The number of carbonyl (C=O) groups excluding carboxylic acids is 1. The maximum atomic E-state index is 12.6. The van der Waals surface area contributed by atoms with Crippen LogP contribution in [0.4, 0.5) is 0 Å². The fourth-order valence-corrected chi connectivity index (χ4v) is 2.52. The number of nitrogens with one attached hydrogen (secondary N) is 1. The molecule has 1 heterocycles. The molecule has 4 heteroatoms. The summed E-state index contributed by atoms with van der Waals surface area (Å²) in [4.78, 5) is 17.0. The van der Waals surface area contributed by atoms with Crippen LogP contribution in [0, 0.1) is 6.92 Å². The molecule has 1 aromatic heterocycles. The predicted octanol–water partition coefficient (Wildman–Crippen LogP) is 3.25. The highest BCUT2D eigenvalue weighted by molar-refractivity contribution is 5.94. The van der Waals surface area contributed by atoms with Gasteiger partial charge in [0, 0.05) is 25.0 Å². The molecular weight excluding hydrogens is 286 g/mol. The molecule has 0 aliphatic carbocycles. The molecular formula is C19H19N3O. The maximum Gasteiger partial charge on any atom is 0.252 e. The van der Waals surface area contributed by atoms with Gasteiger partial charge in [-0.3, -0.25) is 4.79 Å². The van der Waals surface area contributed by atoms with Crippen molar-refractivity contribution in [1.29, 1.82) is 0 Å². The Morgan fingerprint density at radius 3 is 2.39 bits per heavy atom. The second-order valence-electron chi connectivity index (χ2n) is 5.58. The molecule has 116 valence electrons. The molecule has 1 atom stereocenters. The highest BCUT2D eigenvalue weighted by Gasteiger charge is 2.21. The van der Waals surface area contributed by atoms with Gasteiger partial charge in [-0.25, -0.2) is 4.98 Å². The summed E-state index contributed by atoms with van der Waals surface area (Å²) in [6.07, 6.45) is 3.62. The highest BCUT2D eigenvalue weighted by atomic mass is 16.1. The van der Waals surface area contributed by atoms with Gasteiger partial charge in [0.2, 0.25) is 0 Å². The van der Waals surface area contributed by atoms with Crippen LogP contribution in [0.2, 0.25) is 0 Å². The molecule has 0 aliphatic rings. The van der Waals surface area contributed by atoms with E-state index >= 15 is 0 Å². The lowest BCUT2D eigenvalue weighted by molar-refractivity contribution is 0.0941. The minimum Gasteiger partial charge on any atom is -0.338 e. The lowest BCUT2D eigenvalue weighted by Crippen LogP contribution is -2.31. The summed E-state index contributed by atoms with van der Waals surface area (Å²) < 4.78 is 1.92. The zero-order valence-electron chi connectivity index (χ0n) is 13.2. The summed E-state index contributed by atoms with van der Waals surface area (Å²) in [6.45, 7) is 2.00. The molecule has 4 nitrogen and oxygen atoms in total. The van der Waals surface area contributed by atoms with Crippen molar-refractivity contribution in [2.45, 2.75) is 13.0 Å². The van der Waals surface area contributed by atoms with Crippen molar-refractivity contribution in [3.05, 3.63) is 89.5 Å². The van der Waals surface area contributed by atoms with Gasteiger partial charge >= 0.3 is 0 Å². The topological polar surface area (TPSA) is 46.9 Å². The van der Waals surface area contributed by atoms with E-state index in [0.29, 0.717) is 5.56 Å². The molecule has 3 rings (SSSR count). The number of imidazole rings is 1. The molecule has 0 aliphatic heterocycles. The van der Waals surface area contributed by atoms with Crippen molar-refractivity contribution >= 4 is 5.91 Å². The first-order valence-electron chi connectivity index (χ1n) is 7.55. The van der Waals surface area contributed by atoms with Gasteiger partial charge in [-0.1, -0.05) is 48.0 Å². The van der Waals surface area contributed by atoms with Gasteiger partial charge in [-0.15, -0.1) is 0 Å². The van der Waals surface area contributed by atoms with Gasteiger partial charge in [0.25, 0.3) is 5.91 Å². The van der Waals surface area contributed by atoms with Gasteiger partial charge in [-0.2, -0.15) is 0 Å². The molecule has 2 aromatic carbocycles. The summed E-state index contributed by atoms with van der Waals surface area (Å²) in [5.74, 6) is 0.693. The molecule has 1 N–H and O–H groups in total. The molecule has 0 radical (unpaired) electrons. The van der Waals surface area contributed by atoms with Crippen LogP contribution in [0.25, 0.3) is 0 Å². The number of nitrogens with zero attached hydrogens (tertiary/aromatic N) is 2. The third-order valence-electron chi connectivity index (χ3n) is 3.84. The van der Waals surface area contributed by atoms with Crippen LogP contribution in [-0.4, -0.2) is 15.5 Å². The SMILES string of the molecule is Cc1ccc(C(=O)N[C@H](c2ccccc2)c2nccn2C)cc1. The lowest BCUT2D eigenvalue weighted by Gasteiger charge is -2.19. The Morgan fingerprint density at radius 2 is 1.78 bits per heavy atom. The first-order valence-corrected chi connectivity index (χ1v) is 7.55. The number of aromatic nitrogens is 2. The third kappa shape index (κ3) is 3.31. The molecule has 0 fully saturated rings. The molecule has 0 saturated carbocycles. The second-order valence-corrected chi connectivity index (χ2v) is 5.58. The second kappa shape index (κ2) is 6.48. The molecule has 0 bridgehead atoms. The number of carbonyl (C=O) groups is 1. The van der Waals surface area contributed by atoms with Crippen molar-refractivity contribution < 1.29 is 4.79 Å². The van der Waals surface area contributed by atoms with Crippen LogP contribution in [-0.2, 0) is 7.05 Å². The summed E-state index contributed by atoms with van der Waals surface area (Å²) in [6, 6.07) is 17.1. The fraction of sp³-hybridized carbons (Fsp3) is 0.158. The number of rotatable bonds is 4. The van der Waals surface area contributed by atoms with E-state index in [1.165, 1.54) is 0 Å². The first-order chi connectivity index (χ1) is 11.1. The van der Waals surface area contributed by atoms with E-state index < -0.39 is 0 Å². The van der Waals surface area contributed by atoms with E-state index in [4.69, 9.17) is 0 Å². The van der Waals surface area contributed by atoms with E-state index in [2.05, 4.69) is 10.3 Å². The van der Waals surface area contributed by atoms with E-state index in [9.17, 15) is 4.79 Å². The van der Waals surface area contributed by atoms with Crippen molar-refractivity contribution in [1.82, 2.24) is 14.9 Å². The van der Waals surface area contributed by atoms with Crippen LogP contribution in [0.15, 0.2) is 67.0 Å². The molecule has 1 amide bonds. The molecule has 23 heavy (non-hydrogen) atoms.